The van der Waals surface area contributed by atoms with Gasteiger partial charge >= 0.3 is 0 Å². The number of benzene rings is 1. The van der Waals surface area contributed by atoms with Crippen LogP contribution in [0.5, 0.6) is 11.5 Å². The highest BCUT2D eigenvalue weighted by Gasteiger charge is 2.02. The summed E-state index contributed by atoms with van der Waals surface area (Å²) in [4.78, 5) is 10.1. The van der Waals surface area contributed by atoms with Crippen LogP contribution in [0.1, 0.15) is 25.3 Å². The van der Waals surface area contributed by atoms with Crippen molar-refractivity contribution in [1.82, 2.24) is 0 Å². The molecule has 15 heavy (non-hydrogen) atoms. The number of carbonyl (C=O) groups is 1. The molecule has 0 fully saturated rings. The second kappa shape index (κ2) is 6.06. The maximum absolute atomic E-state index is 10.1. The minimum Gasteiger partial charge on any atom is -0.508 e. The Hall–Kier alpha value is -1.51. The van der Waals surface area contributed by atoms with Crippen LogP contribution in [0, 0.1) is 0 Å². The Kier molecular flexibility index (Phi) is 4.68. The number of aldehydes is 1. The number of carbonyl (C=O) groups excluding carboxylic acids is 1. The molecule has 0 heterocycles. The van der Waals surface area contributed by atoms with Crippen molar-refractivity contribution in [3.05, 3.63) is 23.8 Å². The fourth-order valence-corrected chi connectivity index (χ4v) is 1.35. The van der Waals surface area contributed by atoms with Gasteiger partial charge in [-0.05, 0) is 36.6 Å². The normalized spacial score (nSPS) is 9.93. The van der Waals surface area contributed by atoms with Gasteiger partial charge in [0.1, 0.15) is 18.1 Å². The number of rotatable bonds is 6. The van der Waals surface area contributed by atoms with E-state index in [0.29, 0.717) is 17.8 Å². The van der Waals surface area contributed by atoms with Crippen molar-refractivity contribution in [2.45, 2.75) is 26.2 Å². The van der Waals surface area contributed by atoms with Crippen molar-refractivity contribution in [3.8, 4) is 11.5 Å². The quantitative estimate of drug-likeness (QED) is 0.730. The summed E-state index contributed by atoms with van der Waals surface area (Å²) < 4.78 is 5.15. The lowest BCUT2D eigenvalue weighted by Gasteiger charge is -2.07. The van der Waals surface area contributed by atoms with Gasteiger partial charge in [0, 0.05) is 0 Å². The maximum atomic E-state index is 10.1. The van der Waals surface area contributed by atoms with Crippen molar-refractivity contribution >= 4 is 6.29 Å². The first-order valence-corrected chi connectivity index (χ1v) is 5.16. The number of hydrogen-bond acceptors (Lipinski definition) is 3. The number of aryl methyl sites for hydroxylation is 1. The lowest BCUT2D eigenvalue weighted by atomic mass is 10.1. The summed E-state index contributed by atoms with van der Waals surface area (Å²) in [7, 11) is 0. The Morgan fingerprint density at radius 1 is 1.47 bits per heavy atom. The molecule has 82 valence electrons. The summed E-state index contributed by atoms with van der Waals surface area (Å²) in [5.74, 6) is 0.924. The molecule has 0 saturated carbocycles. The second-order valence-electron chi connectivity index (χ2n) is 3.37. The molecule has 0 atom stereocenters. The highest BCUT2D eigenvalue weighted by atomic mass is 16.5. The third-order valence-electron chi connectivity index (χ3n) is 2.17. The van der Waals surface area contributed by atoms with Gasteiger partial charge in [-0.25, -0.2) is 0 Å². The molecule has 0 spiro atoms. The van der Waals surface area contributed by atoms with Gasteiger partial charge in [0.2, 0.25) is 0 Å². The van der Waals surface area contributed by atoms with Crippen LogP contribution in [-0.2, 0) is 11.2 Å². The molecule has 3 nitrogen and oxygen atoms in total. The number of phenolic OH excluding ortho intramolecular Hbond substituents is 1. The topological polar surface area (TPSA) is 46.5 Å². The molecule has 0 aliphatic heterocycles. The van der Waals surface area contributed by atoms with Crippen LogP contribution in [0.25, 0.3) is 0 Å². The molecule has 0 aromatic heterocycles. The smallest absolute Gasteiger partial charge is 0.157 e. The molecule has 1 rings (SSSR count). The molecule has 1 aromatic carbocycles. The molecule has 0 amide bonds. The van der Waals surface area contributed by atoms with E-state index >= 15 is 0 Å². The maximum Gasteiger partial charge on any atom is 0.157 e. The molecule has 0 aliphatic carbocycles. The molecule has 0 saturated heterocycles. The third-order valence-corrected chi connectivity index (χ3v) is 2.17. The summed E-state index contributed by atoms with van der Waals surface area (Å²) in [5, 5.41) is 9.56. The molecular formula is C12H16O3. The summed E-state index contributed by atoms with van der Waals surface area (Å²) in [6.45, 7) is 2.15. The number of aromatic hydroxyl groups is 1. The van der Waals surface area contributed by atoms with Gasteiger partial charge in [-0.3, -0.25) is 4.79 Å². The summed E-state index contributed by atoms with van der Waals surface area (Å²) in [5.41, 5.74) is 0.875. The van der Waals surface area contributed by atoms with Crippen molar-refractivity contribution in [1.29, 1.82) is 0 Å². The zero-order chi connectivity index (χ0) is 11.1. The number of ether oxygens (including phenoxy) is 1. The summed E-state index contributed by atoms with van der Waals surface area (Å²) in [6.07, 6.45) is 3.66. The van der Waals surface area contributed by atoms with Crippen LogP contribution in [0.4, 0.5) is 0 Å². The Balaban J connectivity index is 2.70. The molecular weight excluding hydrogens is 192 g/mol. The Labute approximate surface area is 89.7 Å². The summed E-state index contributed by atoms with van der Waals surface area (Å²) in [6, 6.07) is 5.05. The van der Waals surface area contributed by atoms with E-state index in [1.807, 2.05) is 0 Å². The molecule has 3 heteroatoms. The molecule has 1 aromatic rings. The predicted octanol–water partition coefficient (Wildman–Crippen LogP) is 2.31. The fourth-order valence-electron chi connectivity index (χ4n) is 1.35. The van der Waals surface area contributed by atoms with Crippen LogP contribution in [0.2, 0.25) is 0 Å². The van der Waals surface area contributed by atoms with Crippen LogP contribution in [0.15, 0.2) is 18.2 Å². The molecule has 1 N–H and O–H groups in total. The van der Waals surface area contributed by atoms with Crippen LogP contribution < -0.4 is 4.74 Å². The van der Waals surface area contributed by atoms with E-state index in [2.05, 4.69) is 6.92 Å². The van der Waals surface area contributed by atoms with Crippen LogP contribution in [0.3, 0.4) is 0 Å². The molecule has 0 radical (unpaired) electrons. The lowest BCUT2D eigenvalue weighted by molar-refractivity contribution is -0.109. The highest BCUT2D eigenvalue weighted by Crippen LogP contribution is 2.24. The average molecular weight is 208 g/mol. The number of phenols is 1. The van der Waals surface area contributed by atoms with Crippen LogP contribution in [-0.4, -0.2) is 18.0 Å². The van der Waals surface area contributed by atoms with E-state index < -0.39 is 0 Å². The van der Waals surface area contributed by atoms with Crippen molar-refractivity contribution < 1.29 is 14.6 Å². The van der Waals surface area contributed by atoms with Crippen molar-refractivity contribution in [2.75, 3.05) is 6.61 Å². The second-order valence-corrected chi connectivity index (χ2v) is 3.37. The molecule has 0 aliphatic rings. The van der Waals surface area contributed by atoms with Gasteiger partial charge in [-0.2, -0.15) is 0 Å². The largest absolute Gasteiger partial charge is 0.508 e. The van der Waals surface area contributed by atoms with Gasteiger partial charge in [0.15, 0.2) is 6.29 Å². The van der Waals surface area contributed by atoms with Crippen LogP contribution >= 0.6 is 0 Å². The number of unbranched alkanes of at least 4 members (excludes halogenated alkanes) is 1. The third kappa shape index (κ3) is 3.62. The van der Waals surface area contributed by atoms with E-state index in [-0.39, 0.29) is 6.61 Å². The predicted molar refractivity (Wildman–Crippen MR) is 58.3 cm³/mol. The van der Waals surface area contributed by atoms with Gasteiger partial charge in [0.25, 0.3) is 0 Å². The van der Waals surface area contributed by atoms with Gasteiger partial charge in [-0.1, -0.05) is 13.3 Å². The minimum absolute atomic E-state index is 0.0536. The minimum atomic E-state index is 0.0536. The lowest BCUT2D eigenvalue weighted by Crippen LogP contribution is -1.98. The fraction of sp³-hybridized carbons (Fsp3) is 0.417. The average Bonchev–Trinajstić information content (AvgIpc) is 2.26. The zero-order valence-corrected chi connectivity index (χ0v) is 8.90. The van der Waals surface area contributed by atoms with Gasteiger partial charge in [0.05, 0.1) is 0 Å². The first-order valence-electron chi connectivity index (χ1n) is 5.16. The summed E-state index contributed by atoms with van der Waals surface area (Å²) >= 11 is 0. The Morgan fingerprint density at radius 2 is 2.27 bits per heavy atom. The van der Waals surface area contributed by atoms with Crippen molar-refractivity contribution in [3.63, 3.8) is 0 Å². The van der Waals surface area contributed by atoms with Gasteiger partial charge in [-0.15, -0.1) is 0 Å². The SMILES string of the molecule is CCCCc1cc(OCC=O)ccc1O. The molecule has 0 unspecified atom stereocenters. The first-order chi connectivity index (χ1) is 7.27. The van der Waals surface area contributed by atoms with Gasteiger partial charge < -0.3 is 9.84 Å². The number of hydrogen-bond donors (Lipinski definition) is 1. The van der Waals surface area contributed by atoms with Crippen molar-refractivity contribution in [2.24, 2.45) is 0 Å². The monoisotopic (exact) mass is 208 g/mol. The van der Waals surface area contributed by atoms with E-state index in [9.17, 15) is 9.90 Å². The Morgan fingerprint density at radius 3 is 2.93 bits per heavy atom. The van der Waals surface area contributed by atoms with E-state index in [0.717, 1.165) is 24.8 Å². The standard InChI is InChI=1S/C12H16O3/c1-2-3-4-10-9-11(15-8-7-13)5-6-12(10)14/h5-7,9,14H,2-4,8H2,1H3. The van der Waals surface area contributed by atoms with E-state index in [1.54, 1.807) is 18.2 Å². The first kappa shape index (κ1) is 11.6. The van der Waals surface area contributed by atoms with E-state index in [4.69, 9.17) is 4.74 Å². The molecule has 0 bridgehead atoms. The Bertz CT molecular complexity index is 321. The highest BCUT2D eigenvalue weighted by molar-refractivity contribution is 5.51. The van der Waals surface area contributed by atoms with E-state index in [1.165, 1.54) is 0 Å². The zero-order valence-electron chi connectivity index (χ0n) is 8.90.